The maximum absolute atomic E-state index is 7.57. The fourth-order valence-corrected chi connectivity index (χ4v) is 0. The normalized spacial score (nSPS) is 3.25. The van der Waals surface area contributed by atoms with Crippen LogP contribution in [0.15, 0.2) is 0 Å². The summed E-state index contributed by atoms with van der Waals surface area (Å²) in [4.78, 5) is 2.00. The third kappa shape index (κ3) is 1510. The molecule has 0 aromatic carbocycles. The molecule has 0 bridgehead atoms. The van der Waals surface area contributed by atoms with Crippen molar-refractivity contribution in [3.05, 3.63) is 0 Å². The first-order chi connectivity index (χ1) is 2.83. The summed E-state index contributed by atoms with van der Waals surface area (Å²) >= 11 is 0. The molecule has 0 radical (unpaired) electrons. The lowest BCUT2D eigenvalue weighted by Crippen LogP contribution is -1.57. The number of aliphatic hydroxyl groups is 1. The van der Waals surface area contributed by atoms with Crippen LogP contribution in [0.3, 0.4) is 0 Å². The number of aliphatic hydroxyl groups excluding tert-OH is 1. The molecule has 6 heteroatoms. The zero-order chi connectivity index (χ0) is 5.41. The summed E-state index contributed by atoms with van der Waals surface area (Å²) in [6.45, 7) is 1.93. The Labute approximate surface area is 58.5 Å². The molecule has 0 saturated carbocycles. The predicted octanol–water partition coefficient (Wildman–Crippen LogP) is 0.854. The van der Waals surface area contributed by atoms with E-state index in [1.807, 2.05) is 4.91 Å². The fourth-order valence-electron chi connectivity index (χ4n) is 0. The van der Waals surface area contributed by atoms with Crippen molar-refractivity contribution in [2.24, 2.45) is 0 Å². The van der Waals surface area contributed by atoms with Crippen molar-refractivity contribution < 1.29 is 5.11 Å². The van der Waals surface area contributed by atoms with Crippen LogP contribution in [-0.4, -0.2) is 11.7 Å². The highest BCUT2D eigenvalue weighted by Gasteiger charge is 1.34. The van der Waals surface area contributed by atoms with Gasteiger partial charge in [0, 0.05) is 6.61 Å². The van der Waals surface area contributed by atoms with Crippen LogP contribution in [0.2, 0.25) is 0 Å². The Morgan fingerprint density at radius 1 is 1.50 bits per heavy atom. The van der Waals surface area contributed by atoms with E-state index in [-0.39, 0.29) is 29.7 Å². The Morgan fingerprint density at radius 2 is 1.50 bits per heavy atom. The summed E-state index contributed by atoms with van der Waals surface area (Å²) < 4.78 is 0. The van der Waals surface area contributed by atoms with E-state index >= 15 is 0 Å². The van der Waals surface area contributed by atoms with E-state index in [1.165, 1.54) is 0 Å². The van der Waals surface area contributed by atoms with Gasteiger partial charge >= 0.3 is 0 Å². The van der Waals surface area contributed by atoms with Crippen molar-refractivity contribution in [1.82, 2.24) is 11.1 Å². The first kappa shape index (κ1) is 25.2. The summed E-state index contributed by atoms with van der Waals surface area (Å²) in [6.07, 6.45) is 0. The summed E-state index contributed by atoms with van der Waals surface area (Å²) in [5.41, 5.74) is 11.0. The molecular weight excluding hydrogens is 176 g/mol. The second kappa shape index (κ2) is 74.8. The zero-order valence-electron chi connectivity index (χ0n) is 4.72. The maximum atomic E-state index is 7.57. The van der Waals surface area contributed by atoms with Gasteiger partial charge in [-0.2, -0.15) is 0 Å². The van der Waals surface area contributed by atoms with Gasteiger partial charge in [-0.25, -0.2) is 0 Å². The van der Waals surface area contributed by atoms with Crippen molar-refractivity contribution >= 4 is 17.0 Å². The molecule has 0 atom stereocenters. The zero-order valence-corrected chi connectivity index (χ0v) is 6.43. The van der Waals surface area contributed by atoms with E-state index in [0.29, 0.717) is 0 Å². The van der Waals surface area contributed by atoms with Gasteiger partial charge in [-0.15, -0.1) is 17.0 Å². The molecule has 8 heavy (non-hydrogen) atoms. The van der Waals surface area contributed by atoms with Crippen molar-refractivity contribution in [2.75, 3.05) is 6.61 Å². The SMILES string of the molecule is Br.CCO.N.N=[N+]=N. The molecule has 6 N–H and O–H groups in total. The second-order valence-electron chi connectivity index (χ2n) is 0.428. The number of nitrogens with one attached hydrogen (secondary N) is 2. The highest BCUT2D eigenvalue weighted by molar-refractivity contribution is 8.93. The largest absolute Gasteiger partial charge is 0.397 e. The highest BCUT2D eigenvalue weighted by atomic mass is 79.9. The lowest BCUT2D eigenvalue weighted by molar-refractivity contribution is 0.318. The standard InChI is InChI=1S/C2H6O.BrH.H2N3.H3N/c1-2-3;;1-3-2;/h3H,2H2,1H3;1H;1-2H;1H3/q;;+1;. The molecule has 5 nitrogen and oxygen atoms in total. The maximum Gasteiger partial charge on any atom is 0.211 e. The van der Waals surface area contributed by atoms with Gasteiger partial charge in [-0.1, -0.05) is 0 Å². The lowest BCUT2D eigenvalue weighted by Gasteiger charge is -1.52. The van der Waals surface area contributed by atoms with Gasteiger partial charge in [0.1, 0.15) is 11.1 Å². The van der Waals surface area contributed by atoms with E-state index in [9.17, 15) is 0 Å². The van der Waals surface area contributed by atoms with E-state index < -0.39 is 0 Å². The van der Waals surface area contributed by atoms with Crippen molar-refractivity contribution in [3.63, 3.8) is 0 Å². The minimum atomic E-state index is 0. The van der Waals surface area contributed by atoms with Gasteiger partial charge in [0.05, 0.1) is 0 Å². The van der Waals surface area contributed by atoms with Crippen LogP contribution in [0.4, 0.5) is 0 Å². The smallest absolute Gasteiger partial charge is 0.211 e. The summed E-state index contributed by atoms with van der Waals surface area (Å²) in [7, 11) is 0. The number of rotatable bonds is 0. The lowest BCUT2D eigenvalue weighted by atomic mass is 10.9. The van der Waals surface area contributed by atoms with Gasteiger partial charge in [0.15, 0.2) is 0 Å². The van der Waals surface area contributed by atoms with Crippen LogP contribution in [0.5, 0.6) is 0 Å². The van der Waals surface area contributed by atoms with Crippen LogP contribution >= 0.6 is 17.0 Å². The molecule has 0 aliphatic rings. The quantitative estimate of drug-likeness (QED) is 0.333. The Balaban J connectivity index is -0.0000000160. The van der Waals surface area contributed by atoms with E-state index in [4.69, 9.17) is 16.2 Å². The Bertz CT molecular complexity index is 43.3. The monoisotopic (exact) mass is 187 g/mol. The molecule has 52 valence electrons. The Kier molecular flexibility index (Phi) is 236. The topological polar surface area (TPSA) is 117 Å². The van der Waals surface area contributed by atoms with E-state index in [1.54, 1.807) is 6.92 Å². The molecule has 0 aliphatic heterocycles. The van der Waals surface area contributed by atoms with Crippen LogP contribution in [0.1, 0.15) is 6.92 Å². The highest BCUT2D eigenvalue weighted by Crippen LogP contribution is 1.30. The summed E-state index contributed by atoms with van der Waals surface area (Å²) in [5.74, 6) is 0. The molecule has 0 saturated heterocycles. The van der Waals surface area contributed by atoms with Crippen molar-refractivity contribution in [1.29, 1.82) is 11.1 Å². The molecule has 0 heterocycles. The first-order valence-electron chi connectivity index (χ1n) is 1.47. The van der Waals surface area contributed by atoms with Gasteiger partial charge < -0.3 is 11.3 Å². The minimum absolute atomic E-state index is 0. The number of halogens is 1. The van der Waals surface area contributed by atoms with Gasteiger partial charge in [-0.3, -0.25) is 0 Å². The Hall–Kier alpha value is -0.290. The second-order valence-corrected chi connectivity index (χ2v) is 0.428. The molecule has 0 spiro atoms. The third-order valence-electron chi connectivity index (χ3n) is 0. The molecule has 0 fully saturated rings. The molecule has 0 aromatic rings. The van der Waals surface area contributed by atoms with Crippen LogP contribution < -0.4 is 11.1 Å². The molecule has 0 aromatic heterocycles. The summed E-state index contributed by atoms with van der Waals surface area (Å²) in [5, 5.41) is 7.57. The average Bonchev–Trinajstić information content (AvgIpc) is 1.39. The van der Waals surface area contributed by atoms with Crippen LogP contribution in [0.25, 0.3) is 0 Å². The van der Waals surface area contributed by atoms with Crippen molar-refractivity contribution in [3.8, 4) is 0 Å². The van der Waals surface area contributed by atoms with E-state index in [2.05, 4.69) is 0 Å². The van der Waals surface area contributed by atoms with E-state index in [0.717, 1.165) is 0 Å². The molecular formula is C2H12BrN4O+. The van der Waals surface area contributed by atoms with Gasteiger partial charge in [0.2, 0.25) is 4.91 Å². The van der Waals surface area contributed by atoms with Crippen molar-refractivity contribution in [2.45, 2.75) is 6.92 Å². The molecule has 0 aliphatic carbocycles. The predicted molar refractivity (Wildman–Crippen MR) is 35.7 cm³/mol. The first-order valence-corrected chi connectivity index (χ1v) is 1.47. The summed E-state index contributed by atoms with van der Waals surface area (Å²) in [6, 6.07) is 0. The molecule has 0 amide bonds. The number of nitrogens with zero attached hydrogens (tertiary/aromatic N) is 1. The van der Waals surface area contributed by atoms with Gasteiger partial charge in [-0.05, 0) is 6.92 Å². The number of hydrogen-bond donors (Lipinski definition) is 4. The average molecular weight is 188 g/mol. The minimum Gasteiger partial charge on any atom is -0.397 e. The van der Waals surface area contributed by atoms with Crippen LogP contribution in [-0.2, 0) is 0 Å². The molecule has 0 unspecified atom stereocenters. The number of hydrogen-bond acceptors (Lipinski definition) is 4. The fraction of sp³-hybridized carbons (Fsp3) is 1.00. The molecule has 0 rings (SSSR count). The van der Waals surface area contributed by atoms with Gasteiger partial charge in [0.25, 0.3) is 0 Å². The van der Waals surface area contributed by atoms with Crippen LogP contribution in [0, 0.1) is 11.1 Å². The Morgan fingerprint density at radius 3 is 1.50 bits per heavy atom. The third-order valence-corrected chi connectivity index (χ3v) is 0.